The van der Waals surface area contributed by atoms with E-state index in [1.165, 1.54) is 29.7 Å². The maximum Gasteiger partial charge on any atom is 0.261 e. The highest BCUT2D eigenvalue weighted by atomic mass is 32.2. The molecule has 11 heteroatoms. The lowest BCUT2D eigenvalue weighted by Crippen LogP contribution is -2.46. The van der Waals surface area contributed by atoms with Crippen LogP contribution in [-0.4, -0.2) is 38.1 Å². The molecule has 10 nitrogen and oxygen atoms in total. The first kappa shape index (κ1) is 22.1. The molecule has 0 aliphatic heterocycles. The number of nitrogens with two attached hydrogens (primary N) is 1. The van der Waals surface area contributed by atoms with Gasteiger partial charge in [0.1, 0.15) is 17.5 Å². The topological polar surface area (TPSA) is 167 Å². The number of ether oxygens (including phenoxy) is 1. The lowest BCUT2D eigenvalue weighted by molar-refractivity contribution is -0.131. The van der Waals surface area contributed by atoms with Crippen molar-refractivity contribution >= 4 is 21.9 Å². The summed E-state index contributed by atoms with van der Waals surface area (Å²) in [7, 11) is -4.02. The van der Waals surface area contributed by atoms with Gasteiger partial charge in [-0.25, -0.2) is 13.9 Å². The Hall–Kier alpha value is -3.15. The van der Waals surface area contributed by atoms with Gasteiger partial charge in [0.2, 0.25) is 10.0 Å². The molecule has 1 atom stereocenters. The molecular weight excluding hydrogens is 398 g/mol. The summed E-state index contributed by atoms with van der Waals surface area (Å²) in [4.78, 5) is 11.8. The van der Waals surface area contributed by atoms with Gasteiger partial charge in [0.25, 0.3) is 5.91 Å². The molecule has 0 heterocycles. The van der Waals surface area contributed by atoms with Gasteiger partial charge in [0.05, 0.1) is 4.90 Å². The smallest absolute Gasteiger partial charge is 0.261 e. The monoisotopic (exact) mass is 421 g/mol. The van der Waals surface area contributed by atoms with Crippen LogP contribution in [0.2, 0.25) is 0 Å². The van der Waals surface area contributed by atoms with E-state index in [0.717, 1.165) is 0 Å². The third kappa shape index (κ3) is 7.07. The zero-order chi connectivity index (χ0) is 21.3. The van der Waals surface area contributed by atoms with E-state index in [0.29, 0.717) is 17.9 Å². The lowest BCUT2D eigenvalue weighted by atomic mass is 10.1. The highest BCUT2D eigenvalue weighted by Crippen LogP contribution is 2.22. The van der Waals surface area contributed by atoms with Crippen LogP contribution in [0.25, 0.3) is 0 Å². The molecule has 0 aromatic heterocycles. The Labute approximate surface area is 168 Å². The summed E-state index contributed by atoms with van der Waals surface area (Å²) >= 11 is 0. The van der Waals surface area contributed by atoms with E-state index in [2.05, 4.69) is 10.0 Å². The Balaban J connectivity index is 2.04. The summed E-state index contributed by atoms with van der Waals surface area (Å²) < 4.78 is 33.1. The predicted molar refractivity (Wildman–Crippen MR) is 106 cm³/mol. The first-order chi connectivity index (χ1) is 13.8. The first-order valence-electron chi connectivity index (χ1n) is 8.69. The second kappa shape index (κ2) is 10.4. The van der Waals surface area contributed by atoms with Crippen molar-refractivity contribution in [3.8, 4) is 11.5 Å². The van der Waals surface area contributed by atoms with Crippen LogP contribution in [0, 0.1) is 5.41 Å². The summed E-state index contributed by atoms with van der Waals surface area (Å²) in [6.45, 7) is 0.276. The third-order valence-corrected chi connectivity index (χ3v) is 5.31. The standard InChI is InChI=1S/C18H23N5O5S/c19-18(20)21-12-4-7-16(17(24)22-25)23-29(26,27)15-10-8-14(9-11-15)28-13-5-2-1-3-6-13/h1-3,5-6,8-11,16,23,25H,4,7,12H2,(H,22,24)(H4,19,20,21)/t16-/m1/s1. The van der Waals surface area contributed by atoms with Gasteiger partial charge in [-0.05, 0) is 49.2 Å². The van der Waals surface area contributed by atoms with Crippen molar-refractivity contribution in [3.63, 3.8) is 0 Å². The van der Waals surface area contributed by atoms with Crippen molar-refractivity contribution in [1.82, 2.24) is 15.5 Å². The number of hydrogen-bond acceptors (Lipinski definition) is 6. The summed E-state index contributed by atoms with van der Waals surface area (Å²) in [5.74, 6) is -0.0535. The minimum Gasteiger partial charge on any atom is -0.457 e. The van der Waals surface area contributed by atoms with Crippen molar-refractivity contribution in [2.24, 2.45) is 5.73 Å². The second-order valence-corrected chi connectivity index (χ2v) is 7.73. The van der Waals surface area contributed by atoms with Gasteiger partial charge in [-0.1, -0.05) is 18.2 Å². The van der Waals surface area contributed by atoms with Crippen molar-refractivity contribution in [2.45, 2.75) is 23.8 Å². The Morgan fingerprint density at radius 1 is 1.10 bits per heavy atom. The van der Waals surface area contributed by atoms with Gasteiger partial charge in [-0.3, -0.25) is 15.4 Å². The molecule has 2 aromatic rings. The SMILES string of the molecule is N=C(N)NCCC[C@@H](NS(=O)(=O)c1ccc(Oc2ccccc2)cc1)C(=O)NO. The number of carbonyl (C=O) groups is 1. The Bertz CT molecular complexity index is 919. The van der Waals surface area contributed by atoms with E-state index in [1.54, 1.807) is 12.1 Å². The van der Waals surface area contributed by atoms with Crippen LogP contribution in [0.15, 0.2) is 59.5 Å². The molecule has 0 aliphatic carbocycles. The lowest BCUT2D eigenvalue weighted by Gasteiger charge is -2.17. The molecule has 2 aromatic carbocycles. The first-order valence-corrected chi connectivity index (χ1v) is 10.2. The van der Waals surface area contributed by atoms with Crippen LogP contribution < -0.4 is 26.0 Å². The number of hydroxylamine groups is 1. The summed E-state index contributed by atoms with van der Waals surface area (Å²) in [6, 6.07) is 13.5. The molecule has 0 saturated carbocycles. The van der Waals surface area contributed by atoms with E-state index in [-0.39, 0.29) is 23.8 Å². The second-order valence-electron chi connectivity index (χ2n) is 6.02. The van der Waals surface area contributed by atoms with Crippen LogP contribution in [0.4, 0.5) is 0 Å². The van der Waals surface area contributed by atoms with Crippen molar-refractivity contribution < 1.29 is 23.2 Å². The van der Waals surface area contributed by atoms with Crippen LogP contribution in [0.5, 0.6) is 11.5 Å². The maximum atomic E-state index is 12.6. The average molecular weight is 421 g/mol. The van der Waals surface area contributed by atoms with Gasteiger partial charge < -0.3 is 15.8 Å². The molecule has 2 rings (SSSR count). The highest BCUT2D eigenvalue weighted by Gasteiger charge is 2.25. The van der Waals surface area contributed by atoms with E-state index < -0.39 is 22.0 Å². The van der Waals surface area contributed by atoms with Crippen LogP contribution in [0.1, 0.15) is 12.8 Å². The number of carbonyl (C=O) groups excluding carboxylic acids is 1. The quantitative estimate of drug-likeness (QED) is 0.109. The fourth-order valence-corrected chi connectivity index (χ4v) is 3.65. The Kier molecular flexibility index (Phi) is 7.95. The number of para-hydroxylation sites is 1. The summed E-state index contributed by atoms with van der Waals surface area (Å²) in [6.07, 6.45) is 0.422. The zero-order valence-corrected chi connectivity index (χ0v) is 16.3. The number of sulfonamides is 1. The number of hydrogen-bond donors (Lipinski definition) is 6. The number of guanidine groups is 1. The molecule has 156 valence electrons. The molecule has 0 fully saturated rings. The number of benzene rings is 2. The fraction of sp³-hybridized carbons (Fsp3) is 0.222. The maximum absolute atomic E-state index is 12.6. The van der Waals surface area contributed by atoms with Crippen LogP contribution >= 0.6 is 0 Å². The zero-order valence-electron chi connectivity index (χ0n) is 15.5. The fourth-order valence-electron chi connectivity index (χ4n) is 2.42. The van der Waals surface area contributed by atoms with Gasteiger partial charge in [0.15, 0.2) is 5.96 Å². The number of amides is 1. The molecule has 7 N–H and O–H groups in total. The van der Waals surface area contributed by atoms with Crippen LogP contribution in [-0.2, 0) is 14.8 Å². The third-order valence-electron chi connectivity index (χ3n) is 3.82. The Morgan fingerprint density at radius 2 is 1.72 bits per heavy atom. The molecule has 29 heavy (non-hydrogen) atoms. The van der Waals surface area contributed by atoms with Gasteiger partial charge in [0, 0.05) is 6.54 Å². The van der Waals surface area contributed by atoms with Gasteiger partial charge in [-0.15, -0.1) is 0 Å². The normalized spacial score (nSPS) is 12.0. The van der Waals surface area contributed by atoms with Crippen LogP contribution in [0.3, 0.4) is 0 Å². The van der Waals surface area contributed by atoms with Gasteiger partial charge in [-0.2, -0.15) is 4.72 Å². The van der Waals surface area contributed by atoms with E-state index in [4.69, 9.17) is 21.1 Å². The molecule has 0 aliphatic rings. The minimum atomic E-state index is -4.02. The molecule has 0 radical (unpaired) electrons. The van der Waals surface area contributed by atoms with Crippen molar-refractivity contribution in [1.29, 1.82) is 5.41 Å². The van der Waals surface area contributed by atoms with E-state index in [1.807, 2.05) is 18.2 Å². The minimum absolute atomic E-state index is 0.0597. The number of nitrogens with one attached hydrogen (secondary N) is 4. The van der Waals surface area contributed by atoms with Crippen molar-refractivity contribution in [2.75, 3.05) is 6.54 Å². The molecule has 0 bridgehead atoms. The molecular formula is C18H23N5O5S. The largest absolute Gasteiger partial charge is 0.457 e. The van der Waals surface area contributed by atoms with E-state index >= 15 is 0 Å². The molecule has 1 amide bonds. The molecule has 0 unspecified atom stereocenters. The van der Waals surface area contributed by atoms with Gasteiger partial charge >= 0.3 is 0 Å². The summed E-state index contributed by atoms with van der Waals surface area (Å²) in [5, 5.41) is 18.5. The summed E-state index contributed by atoms with van der Waals surface area (Å²) in [5.41, 5.74) is 6.62. The number of rotatable bonds is 10. The highest BCUT2D eigenvalue weighted by molar-refractivity contribution is 7.89. The van der Waals surface area contributed by atoms with E-state index in [9.17, 15) is 13.2 Å². The van der Waals surface area contributed by atoms with Crippen molar-refractivity contribution in [3.05, 3.63) is 54.6 Å². The molecule has 0 spiro atoms. The molecule has 0 saturated heterocycles. The average Bonchev–Trinajstić information content (AvgIpc) is 2.70. The predicted octanol–water partition coefficient (Wildman–Crippen LogP) is 0.894. The Morgan fingerprint density at radius 3 is 2.31 bits per heavy atom.